The number of piperidine rings is 1. The minimum absolute atomic E-state index is 0.0585. The highest BCUT2D eigenvalue weighted by Gasteiger charge is 2.41. The van der Waals surface area contributed by atoms with Gasteiger partial charge in [-0.25, -0.2) is 0 Å². The van der Waals surface area contributed by atoms with Crippen LogP contribution in [0.1, 0.15) is 30.9 Å². The minimum atomic E-state index is -0.0933. The average Bonchev–Trinajstić information content (AvgIpc) is 3.19. The summed E-state index contributed by atoms with van der Waals surface area (Å²) in [4.78, 5) is 26.7. The number of hydrogen-bond donors (Lipinski definition) is 1. The third-order valence-electron chi connectivity index (χ3n) is 6.71. The van der Waals surface area contributed by atoms with Crippen LogP contribution in [0.4, 0.5) is 11.4 Å². The van der Waals surface area contributed by atoms with Gasteiger partial charge in [0.05, 0.1) is 13.2 Å². The lowest BCUT2D eigenvalue weighted by molar-refractivity contribution is -0.124. The van der Waals surface area contributed by atoms with Gasteiger partial charge in [-0.1, -0.05) is 12.2 Å². The van der Waals surface area contributed by atoms with Crippen LogP contribution in [0.5, 0.6) is 0 Å². The molecule has 2 aliphatic heterocycles. The summed E-state index contributed by atoms with van der Waals surface area (Å²) >= 11 is 0. The van der Waals surface area contributed by atoms with Gasteiger partial charge in [-0.2, -0.15) is 0 Å². The second-order valence-corrected chi connectivity index (χ2v) is 8.85. The van der Waals surface area contributed by atoms with Crippen LogP contribution in [0.2, 0.25) is 0 Å². The number of pyridine rings is 1. The average molecular weight is 405 g/mol. The van der Waals surface area contributed by atoms with Crippen molar-refractivity contribution >= 4 is 23.4 Å². The fraction of sp³-hybridized carbons (Fsp3) is 0.417. The Morgan fingerprint density at radius 3 is 2.60 bits per heavy atom. The molecule has 0 atom stereocenters. The summed E-state index contributed by atoms with van der Waals surface area (Å²) in [6, 6.07) is 6.11. The van der Waals surface area contributed by atoms with Crippen LogP contribution in [0.15, 0.2) is 35.3 Å². The van der Waals surface area contributed by atoms with Crippen molar-refractivity contribution in [2.45, 2.75) is 26.2 Å². The van der Waals surface area contributed by atoms with Crippen molar-refractivity contribution in [1.29, 1.82) is 0 Å². The predicted octanol–water partition coefficient (Wildman–Crippen LogP) is 3.20. The molecule has 3 aliphatic rings. The van der Waals surface area contributed by atoms with Crippen molar-refractivity contribution in [3.8, 4) is 11.1 Å². The van der Waals surface area contributed by atoms with E-state index in [0.717, 1.165) is 72.8 Å². The van der Waals surface area contributed by atoms with Crippen LogP contribution in [0, 0.1) is 5.41 Å². The van der Waals surface area contributed by atoms with Crippen LogP contribution < -0.4 is 15.8 Å². The number of allylic oxidation sites excluding steroid dienone is 1. The Morgan fingerprint density at radius 1 is 1.17 bits per heavy atom. The van der Waals surface area contributed by atoms with E-state index in [9.17, 15) is 9.59 Å². The second-order valence-electron chi connectivity index (χ2n) is 8.85. The second kappa shape index (κ2) is 7.13. The number of ether oxygens (including phenoxy) is 1. The van der Waals surface area contributed by atoms with E-state index in [0.29, 0.717) is 11.8 Å². The Labute approximate surface area is 176 Å². The molecule has 1 amide bonds. The number of aryl methyl sites for hydroxylation is 1. The number of carbonyl (C=O) groups excluding carboxylic acids is 1. The third kappa shape index (κ3) is 3.16. The van der Waals surface area contributed by atoms with E-state index in [4.69, 9.17) is 4.74 Å². The van der Waals surface area contributed by atoms with E-state index in [-0.39, 0.29) is 11.5 Å². The van der Waals surface area contributed by atoms with E-state index in [1.807, 2.05) is 31.5 Å². The number of nitrogens with zero attached hydrogens (tertiary/aromatic N) is 2. The molecule has 5 rings (SSSR count). The van der Waals surface area contributed by atoms with Gasteiger partial charge in [-0.05, 0) is 43.0 Å². The van der Waals surface area contributed by atoms with Gasteiger partial charge >= 0.3 is 0 Å². The lowest BCUT2D eigenvalue weighted by Gasteiger charge is -2.48. The number of carbonyl (C=O) groups is 1. The highest BCUT2D eigenvalue weighted by Crippen LogP contribution is 2.43. The van der Waals surface area contributed by atoms with Gasteiger partial charge in [0.25, 0.3) is 5.56 Å². The molecule has 1 N–H and O–H groups in total. The SMILES string of the molecule is CC(=O)Nc1ccc(N2CCC3(CC2)COC3)c(-c2cn(C)c(=O)c3c2C=CC3)c1. The molecule has 30 heavy (non-hydrogen) atoms. The molecule has 6 nitrogen and oxygen atoms in total. The first-order chi connectivity index (χ1) is 14.5. The molecular formula is C24H27N3O3. The summed E-state index contributed by atoms with van der Waals surface area (Å²) in [7, 11) is 1.81. The van der Waals surface area contributed by atoms with Gasteiger partial charge in [0, 0.05) is 66.7 Å². The minimum Gasteiger partial charge on any atom is -0.380 e. The molecule has 2 saturated heterocycles. The Morgan fingerprint density at radius 2 is 1.93 bits per heavy atom. The first-order valence-corrected chi connectivity index (χ1v) is 10.6. The van der Waals surface area contributed by atoms with Crippen molar-refractivity contribution in [2.24, 2.45) is 12.5 Å². The summed E-state index contributed by atoms with van der Waals surface area (Å²) in [5.41, 5.74) is 6.29. The molecule has 0 unspecified atom stereocenters. The highest BCUT2D eigenvalue weighted by molar-refractivity contribution is 5.93. The first-order valence-electron chi connectivity index (χ1n) is 10.6. The Balaban J connectivity index is 1.60. The number of anilines is 2. The summed E-state index contributed by atoms with van der Waals surface area (Å²) in [6.07, 6.45) is 8.96. The Bertz CT molecular complexity index is 1100. The Hall–Kier alpha value is -2.86. The molecule has 3 heterocycles. The number of hydrogen-bond acceptors (Lipinski definition) is 4. The molecule has 0 radical (unpaired) electrons. The maximum Gasteiger partial charge on any atom is 0.254 e. The monoisotopic (exact) mass is 405 g/mol. The van der Waals surface area contributed by atoms with Crippen molar-refractivity contribution in [3.05, 3.63) is 52.0 Å². The lowest BCUT2D eigenvalue weighted by atomic mass is 9.76. The molecule has 156 valence electrons. The summed E-state index contributed by atoms with van der Waals surface area (Å²) in [5, 5.41) is 2.91. The molecule has 0 saturated carbocycles. The molecule has 1 aromatic carbocycles. The molecule has 1 spiro atoms. The summed E-state index contributed by atoms with van der Waals surface area (Å²) in [5.74, 6) is -0.0933. The smallest absolute Gasteiger partial charge is 0.254 e. The normalized spacial score (nSPS) is 18.9. The number of amides is 1. The molecule has 1 aliphatic carbocycles. The van der Waals surface area contributed by atoms with Gasteiger partial charge in [0.15, 0.2) is 0 Å². The summed E-state index contributed by atoms with van der Waals surface area (Å²) in [6.45, 7) is 5.26. The molecule has 1 aromatic heterocycles. The van der Waals surface area contributed by atoms with Crippen LogP contribution >= 0.6 is 0 Å². The van der Waals surface area contributed by atoms with Crippen LogP contribution in [-0.4, -0.2) is 36.8 Å². The van der Waals surface area contributed by atoms with Crippen molar-refractivity contribution in [2.75, 3.05) is 36.5 Å². The number of benzene rings is 1. The molecular weight excluding hydrogens is 378 g/mol. The quantitative estimate of drug-likeness (QED) is 0.852. The molecule has 2 fully saturated rings. The third-order valence-corrected chi connectivity index (χ3v) is 6.71. The topological polar surface area (TPSA) is 63.6 Å². The van der Waals surface area contributed by atoms with Gasteiger partial charge in [-0.15, -0.1) is 0 Å². The number of aromatic nitrogens is 1. The lowest BCUT2D eigenvalue weighted by Crippen LogP contribution is -2.51. The van der Waals surface area contributed by atoms with Crippen LogP contribution in [0.25, 0.3) is 17.2 Å². The largest absolute Gasteiger partial charge is 0.380 e. The highest BCUT2D eigenvalue weighted by atomic mass is 16.5. The fourth-order valence-electron chi connectivity index (χ4n) is 4.92. The standard InChI is InChI=1S/C24H27N3O3/c1-16(28)25-17-6-7-22(27-10-8-24(9-11-27)14-30-15-24)20(12-17)21-13-26(2)23(29)19-5-3-4-18(19)21/h3-4,6-7,12-13H,5,8-11,14-15H2,1-2H3,(H,25,28). The maximum atomic E-state index is 12.6. The van der Waals surface area contributed by atoms with E-state index in [2.05, 4.69) is 22.4 Å². The van der Waals surface area contributed by atoms with E-state index in [1.54, 1.807) is 4.57 Å². The zero-order valence-corrected chi connectivity index (χ0v) is 17.5. The molecule has 0 bridgehead atoms. The van der Waals surface area contributed by atoms with Crippen molar-refractivity contribution in [3.63, 3.8) is 0 Å². The van der Waals surface area contributed by atoms with E-state index in [1.165, 1.54) is 6.92 Å². The van der Waals surface area contributed by atoms with Crippen LogP contribution in [-0.2, 0) is 23.0 Å². The van der Waals surface area contributed by atoms with Crippen LogP contribution in [0.3, 0.4) is 0 Å². The zero-order valence-electron chi connectivity index (χ0n) is 17.5. The van der Waals surface area contributed by atoms with Gasteiger partial charge in [-0.3, -0.25) is 9.59 Å². The zero-order chi connectivity index (χ0) is 20.9. The number of nitrogens with one attached hydrogen (secondary N) is 1. The summed E-state index contributed by atoms with van der Waals surface area (Å²) < 4.78 is 7.15. The first kappa shape index (κ1) is 19.1. The Kier molecular flexibility index (Phi) is 4.54. The fourth-order valence-corrected chi connectivity index (χ4v) is 4.92. The molecule has 2 aromatic rings. The number of rotatable bonds is 3. The van der Waals surface area contributed by atoms with E-state index >= 15 is 0 Å². The van der Waals surface area contributed by atoms with E-state index < -0.39 is 0 Å². The maximum absolute atomic E-state index is 12.6. The van der Waals surface area contributed by atoms with Gasteiger partial charge in [0.2, 0.25) is 5.91 Å². The molecule has 6 heteroatoms. The van der Waals surface area contributed by atoms with Crippen molar-refractivity contribution in [1.82, 2.24) is 4.57 Å². The van der Waals surface area contributed by atoms with Crippen molar-refractivity contribution < 1.29 is 9.53 Å². The van der Waals surface area contributed by atoms with Gasteiger partial charge < -0.3 is 19.5 Å². The van der Waals surface area contributed by atoms with Gasteiger partial charge in [0.1, 0.15) is 0 Å². The number of fused-ring (bicyclic) bond motifs is 1. The predicted molar refractivity (Wildman–Crippen MR) is 119 cm³/mol.